The largest absolute Gasteiger partial charge is 0.418 e. The normalized spacial score (nSPS) is 24.4. The van der Waals surface area contributed by atoms with Crippen LogP contribution in [0.4, 0.5) is 13.2 Å². The van der Waals surface area contributed by atoms with Crippen molar-refractivity contribution < 1.29 is 17.9 Å². The Kier molecular flexibility index (Phi) is 7.54. The van der Waals surface area contributed by atoms with E-state index in [0.29, 0.717) is 23.9 Å². The number of halogens is 3. The highest BCUT2D eigenvalue weighted by Gasteiger charge is 2.40. The summed E-state index contributed by atoms with van der Waals surface area (Å²) in [6, 6.07) is 1.09. The predicted molar refractivity (Wildman–Crippen MR) is 144 cm³/mol. The van der Waals surface area contributed by atoms with Crippen LogP contribution in [0.3, 0.4) is 0 Å². The molecule has 0 N–H and O–H groups in total. The Labute approximate surface area is 232 Å². The second-order valence-corrected chi connectivity index (χ2v) is 12.1. The van der Waals surface area contributed by atoms with Gasteiger partial charge in [0.05, 0.1) is 17.2 Å². The smallest absolute Gasteiger partial charge is 0.381 e. The molecule has 0 amide bonds. The SMILES string of the molecule is COC1CCN(Cc2cc(C(F)(F)F)c3cn(C4CCCC([C@@H](c5nncn5C)C5CCC5)C4)c(=O)n3c2)CC1. The zero-order valence-electron chi connectivity index (χ0n) is 23.3. The Bertz CT molecular complexity index is 1380. The van der Waals surface area contributed by atoms with Gasteiger partial charge in [0.1, 0.15) is 12.2 Å². The quantitative estimate of drug-likeness (QED) is 0.399. The molecule has 2 saturated carbocycles. The Balaban J connectivity index is 1.30. The third kappa shape index (κ3) is 5.22. The molecule has 0 aromatic carbocycles. The van der Waals surface area contributed by atoms with Crippen molar-refractivity contribution >= 4 is 5.52 Å². The number of methoxy groups -OCH3 is 1. The molecule has 3 aromatic rings. The van der Waals surface area contributed by atoms with Gasteiger partial charge in [0.15, 0.2) is 0 Å². The van der Waals surface area contributed by atoms with Crippen LogP contribution in [0.5, 0.6) is 0 Å². The lowest BCUT2D eigenvalue weighted by atomic mass is 9.66. The van der Waals surface area contributed by atoms with Gasteiger partial charge in [-0.05, 0) is 68.4 Å². The molecule has 0 spiro atoms. The summed E-state index contributed by atoms with van der Waals surface area (Å²) in [4.78, 5) is 15.8. The third-order valence-electron chi connectivity index (χ3n) is 9.72. The maximum absolute atomic E-state index is 14.3. The van der Waals surface area contributed by atoms with E-state index in [0.717, 1.165) is 70.3 Å². The second kappa shape index (κ2) is 11.0. The van der Waals surface area contributed by atoms with Crippen molar-refractivity contribution in [3.8, 4) is 0 Å². The Hall–Kier alpha value is -2.66. The second-order valence-electron chi connectivity index (χ2n) is 12.1. The number of hydrogen-bond acceptors (Lipinski definition) is 5. The van der Waals surface area contributed by atoms with Crippen molar-refractivity contribution in [3.05, 3.63) is 52.2 Å². The van der Waals surface area contributed by atoms with Crippen molar-refractivity contribution in [2.75, 3.05) is 20.2 Å². The molecule has 2 aliphatic carbocycles. The molecule has 3 aromatic heterocycles. The summed E-state index contributed by atoms with van der Waals surface area (Å²) in [6.07, 6.45) is 9.18. The van der Waals surface area contributed by atoms with Gasteiger partial charge < -0.3 is 9.30 Å². The van der Waals surface area contributed by atoms with Gasteiger partial charge in [-0.25, -0.2) is 4.79 Å². The molecule has 0 bridgehead atoms. The first-order valence-corrected chi connectivity index (χ1v) is 14.6. The molecule has 40 heavy (non-hydrogen) atoms. The van der Waals surface area contributed by atoms with Crippen LogP contribution in [0.15, 0.2) is 29.6 Å². The number of piperidine rings is 1. The van der Waals surface area contributed by atoms with E-state index in [9.17, 15) is 18.0 Å². The molecule has 1 aliphatic heterocycles. The number of aromatic nitrogens is 5. The number of rotatable bonds is 7. The fourth-order valence-electron chi connectivity index (χ4n) is 7.38. The summed E-state index contributed by atoms with van der Waals surface area (Å²) >= 11 is 0. The molecular weight excluding hydrogens is 521 g/mol. The van der Waals surface area contributed by atoms with E-state index in [1.165, 1.54) is 23.1 Å². The fraction of sp³-hybridized carbons (Fsp3) is 0.690. The number of likely N-dealkylation sites (tertiary alicyclic amines) is 1. The molecule has 218 valence electrons. The fourth-order valence-corrected chi connectivity index (χ4v) is 7.38. The van der Waals surface area contributed by atoms with Gasteiger partial charge >= 0.3 is 11.9 Å². The Morgan fingerprint density at radius 2 is 1.77 bits per heavy atom. The van der Waals surface area contributed by atoms with E-state index < -0.39 is 11.7 Å². The van der Waals surface area contributed by atoms with Gasteiger partial charge in [-0.2, -0.15) is 13.2 Å². The van der Waals surface area contributed by atoms with Crippen molar-refractivity contribution in [2.45, 2.75) is 88.6 Å². The van der Waals surface area contributed by atoms with Crippen LogP contribution in [0.25, 0.3) is 5.52 Å². The summed E-state index contributed by atoms with van der Waals surface area (Å²) < 4.78 is 53.1. The molecule has 3 aliphatic rings. The first-order chi connectivity index (χ1) is 19.2. The zero-order valence-corrected chi connectivity index (χ0v) is 23.3. The standard InChI is InChI=1S/C29H39F3N6O2/c1-35-18-33-34-27(35)26(20-5-3-6-20)21-7-4-8-22(14-21)37-17-25-24(29(30,31)32)13-19(16-38(25)28(37)39)15-36-11-9-23(40-2)10-12-36/h13,16-18,20-23,26H,3-12,14-15H2,1-2H3/t21?,22?,26-/m0/s1. The molecule has 2 unspecified atom stereocenters. The summed E-state index contributed by atoms with van der Waals surface area (Å²) in [5.41, 5.74) is -0.689. The van der Waals surface area contributed by atoms with Gasteiger partial charge in [-0.1, -0.05) is 12.8 Å². The van der Waals surface area contributed by atoms with E-state index in [4.69, 9.17) is 4.74 Å². The number of nitrogens with zero attached hydrogens (tertiary/aromatic N) is 6. The van der Waals surface area contributed by atoms with E-state index in [1.807, 2.05) is 11.6 Å². The van der Waals surface area contributed by atoms with E-state index in [1.54, 1.807) is 24.2 Å². The van der Waals surface area contributed by atoms with Crippen molar-refractivity contribution in [2.24, 2.45) is 18.9 Å². The lowest BCUT2D eigenvalue weighted by Crippen LogP contribution is -2.36. The maximum Gasteiger partial charge on any atom is 0.418 e. The molecule has 0 radical (unpaired) electrons. The number of fused-ring (bicyclic) bond motifs is 1. The Morgan fingerprint density at radius 3 is 2.40 bits per heavy atom. The van der Waals surface area contributed by atoms with E-state index in [-0.39, 0.29) is 29.3 Å². The van der Waals surface area contributed by atoms with E-state index in [2.05, 4.69) is 15.1 Å². The summed E-state index contributed by atoms with van der Waals surface area (Å²) in [5.74, 6) is 2.11. The van der Waals surface area contributed by atoms with Gasteiger partial charge in [-0.3, -0.25) is 13.9 Å². The molecule has 11 heteroatoms. The maximum atomic E-state index is 14.3. The average Bonchev–Trinajstić information content (AvgIpc) is 3.48. The van der Waals surface area contributed by atoms with Crippen molar-refractivity contribution in [1.29, 1.82) is 0 Å². The molecule has 1 saturated heterocycles. The van der Waals surface area contributed by atoms with E-state index >= 15 is 0 Å². The number of alkyl halides is 3. The minimum absolute atomic E-state index is 0.0645. The number of aryl methyl sites for hydroxylation is 1. The minimum Gasteiger partial charge on any atom is -0.381 e. The highest BCUT2D eigenvalue weighted by Crippen LogP contribution is 2.49. The Morgan fingerprint density at radius 1 is 1.05 bits per heavy atom. The lowest BCUT2D eigenvalue weighted by molar-refractivity contribution is -0.136. The van der Waals surface area contributed by atoms with Crippen LogP contribution < -0.4 is 5.69 Å². The molecular formula is C29H39F3N6O2. The highest BCUT2D eigenvalue weighted by molar-refractivity contribution is 5.56. The first kappa shape index (κ1) is 27.5. The van der Waals surface area contributed by atoms with Gasteiger partial charge in [0.2, 0.25) is 0 Å². The monoisotopic (exact) mass is 560 g/mol. The predicted octanol–water partition coefficient (Wildman–Crippen LogP) is 5.17. The van der Waals surface area contributed by atoms with Crippen molar-refractivity contribution in [1.82, 2.24) is 28.6 Å². The lowest BCUT2D eigenvalue weighted by Gasteiger charge is -2.41. The van der Waals surface area contributed by atoms with Gasteiger partial charge in [-0.15, -0.1) is 10.2 Å². The van der Waals surface area contributed by atoms with Gasteiger partial charge in [0.25, 0.3) is 0 Å². The molecule has 3 fully saturated rings. The summed E-state index contributed by atoms with van der Waals surface area (Å²) in [5, 5.41) is 8.58. The molecule has 8 nitrogen and oxygen atoms in total. The highest BCUT2D eigenvalue weighted by atomic mass is 19.4. The van der Waals surface area contributed by atoms with Crippen LogP contribution in [0.1, 0.15) is 86.7 Å². The number of hydrogen-bond donors (Lipinski definition) is 0. The van der Waals surface area contributed by atoms with Crippen LogP contribution in [-0.2, 0) is 24.5 Å². The number of imidazole rings is 1. The van der Waals surface area contributed by atoms with Crippen LogP contribution in [0.2, 0.25) is 0 Å². The summed E-state index contributed by atoms with van der Waals surface area (Å²) in [7, 11) is 3.67. The topological polar surface area (TPSA) is 69.6 Å². The molecule has 3 atom stereocenters. The average molecular weight is 561 g/mol. The zero-order chi connectivity index (χ0) is 28.0. The number of pyridine rings is 1. The number of ether oxygens (including phenoxy) is 1. The molecule has 4 heterocycles. The summed E-state index contributed by atoms with van der Waals surface area (Å²) in [6.45, 7) is 1.88. The minimum atomic E-state index is -4.56. The van der Waals surface area contributed by atoms with Crippen LogP contribution in [-0.4, -0.2) is 54.9 Å². The van der Waals surface area contributed by atoms with Crippen LogP contribution >= 0.6 is 0 Å². The third-order valence-corrected chi connectivity index (χ3v) is 9.72. The van der Waals surface area contributed by atoms with Gasteiger partial charge in [0, 0.05) is 58.1 Å². The first-order valence-electron chi connectivity index (χ1n) is 14.6. The molecule has 6 rings (SSSR count). The van der Waals surface area contributed by atoms with Crippen LogP contribution in [0, 0.1) is 11.8 Å². The van der Waals surface area contributed by atoms with Crippen molar-refractivity contribution in [3.63, 3.8) is 0 Å².